The number of hydrogen-bond acceptors (Lipinski definition) is 4. The Balaban J connectivity index is 1.53. The number of nitrogens with zero attached hydrogens (tertiary/aromatic N) is 4. The fourth-order valence-electron chi connectivity index (χ4n) is 4.13. The predicted molar refractivity (Wildman–Crippen MR) is 111 cm³/mol. The summed E-state index contributed by atoms with van der Waals surface area (Å²) in [5, 5.41) is 10.0. The molecule has 2 aromatic carbocycles. The Kier molecular flexibility index (Phi) is 5.12. The lowest BCUT2D eigenvalue weighted by molar-refractivity contribution is 0.347. The number of aryl methyl sites for hydroxylation is 1. The molecule has 28 heavy (non-hydrogen) atoms. The topological polar surface area (TPSA) is 61.9 Å². The lowest BCUT2D eigenvalue weighted by Gasteiger charge is -2.34. The normalized spacial score (nSPS) is 14.9. The Morgan fingerprint density at radius 3 is 2.57 bits per heavy atom. The van der Waals surface area contributed by atoms with Crippen LogP contribution in [0.2, 0.25) is 0 Å². The van der Waals surface area contributed by atoms with Crippen LogP contribution < -0.4 is 10.5 Å². The first kappa shape index (κ1) is 18.2. The minimum atomic E-state index is 0.0692. The first-order chi connectivity index (χ1) is 13.7. The highest BCUT2D eigenvalue weighted by Crippen LogP contribution is 2.27. The number of piperidine rings is 1. The molecule has 5 nitrogen and oxygen atoms in total. The molecular formula is C23H24N4O. The first-order valence-corrected chi connectivity index (χ1v) is 9.93. The number of aromatic nitrogens is 2. The molecule has 142 valence electrons. The van der Waals surface area contributed by atoms with E-state index in [9.17, 15) is 10.1 Å². The molecule has 0 aliphatic carbocycles. The van der Waals surface area contributed by atoms with Gasteiger partial charge in [0.2, 0.25) is 0 Å². The third kappa shape index (κ3) is 3.38. The van der Waals surface area contributed by atoms with Gasteiger partial charge in [0.05, 0.1) is 22.2 Å². The standard InChI is InChI=1S/C23H24N4O/c1-2-22-25-20-9-5-4-8-19(20)23(28)27(22)16-17-11-13-26(14-12-17)21-10-6-3-7-18(21)15-24/h3-10,17H,2,11-14,16H2,1H3. The van der Waals surface area contributed by atoms with Gasteiger partial charge in [-0.3, -0.25) is 9.36 Å². The SMILES string of the molecule is CCc1nc2ccccc2c(=O)n1CC1CCN(c2ccccc2C#N)CC1. The van der Waals surface area contributed by atoms with Gasteiger partial charge in [-0.25, -0.2) is 4.98 Å². The van der Waals surface area contributed by atoms with E-state index in [0.717, 1.165) is 54.9 Å². The molecule has 0 spiro atoms. The first-order valence-electron chi connectivity index (χ1n) is 9.93. The van der Waals surface area contributed by atoms with Crippen molar-refractivity contribution in [3.05, 3.63) is 70.3 Å². The molecule has 0 radical (unpaired) electrons. The molecule has 0 atom stereocenters. The molecule has 0 unspecified atom stereocenters. The maximum atomic E-state index is 13.0. The van der Waals surface area contributed by atoms with E-state index in [0.29, 0.717) is 17.8 Å². The van der Waals surface area contributed by atoms with Gasteiger partial charge in [-0.05, 0) is 43.0 Å². The molecular weight excluding hydrogens is 348 g/mol. The summed E-state index contributed by atoms with van der Waals surface area (Å²) in [6.07, 6.45) is 2.75. The maximum Gasteiger partial charge on any atom is 0.261 e. The molecule has 1 fully saturated rings. The number of fused-ring (bicyclic) bond motifs is 1. The van der Waals surface area contributed by atoms with Gasteiger partial charge in [0.1, 0.15) is 11.9 Å². The average molecular weight is 372 g/mol. The van der Waals surface area contributed by atoms with Gasteiger partial charge in [-0.2, -0.15) is 5.26 Å². The van der Waals surface area contributed by atoms with Gasteiger partial charge in [0.15, 0.2) is 0 Å². The van der Waals surface area contributed by atoms with Crippen molar-refractivity contribution in [2.75, 3.05) is 18.0 Å². The quantitative estimate of drug-likeness (QED) is 0.700. The van der Waals surface area contributed by atoms with Crippen molar-refractivity contribution in [1.82, 2.24) is 9.55 Å². The average Bonchev–Trinajstić information content (AvgIpc) is 2.76. The predicted octanol–water partition coefficient (Wildman–Crippen LogP) is 3.75. The van der Waals surface area contributed by atoms with Crippen LogP contribution in [0.4, 0.5) is 5.69 Å². The number of benzene rings is 2. The van der Waals surface area contributed by atoms with Crippen LogP contribution >= 0.6 is 0 Å². The van der Waals surface area contributed by atoms with Crippen LogP contribution in [-0.2, 0) is 13.0 Å². The maximum absolute atomic E-state index is 13.0. The summed E-state index contributed by atoms with van der Waals surface area (Å²) in [7, 11) is 0. The zero-order chi connectivity index (χ0) is 19.5. The zero-order valence-electron chi connectivity index (χ0n) is 16.1. The number of anilines is 1. The van der Waals surface area contributed by atoms with Crippen LogP contribution in [0, 0.1) is 17.2 Å². The molecule has 1 aliphatic heterocycles. The van der Waals surface area contributed by atoms with E-state index < -0.39 is 0 Å². The van der Waals surface area contributed by atoms with Crippen LogP contribution in [0.1, 0.15) is 31.2 Å². The van der Waals surface area contributed by atoms with Crippen LogP contribution in [-0.4, -0.2) is 22.6 Å². The van der Waals surface area contributed by atoms with Crippen molar-refractivity contribution in [3.63, 3.8) is 0 Å². The molecule has 1 saturated heterocycles. The smallest absolute Gasteiger partial charge is 0.261 e. The van der Waals surface area contributed by atoms with Crippen LogP contribution in [0.25, 0.3) is 10.9 Å². The zero-order valence-corrected chi connectivity index (χ0v) is 16.1. The van der Waals surface area contributed by atoms with Gasteiger partial charge in [-0.15, -0.1) is 0 Å². The summed E-state index contributed by atoms with van der Waals surface area (Å²) in [6, 6.07) is 17.7. The summed E-state index contributed by atoms with van der Waals surface area (Å²) in [5.41, 5.74) is 2.59. The van der Waals surface area contributed by atoms with E-state index in [1.54, 1.807) is 0 Å². The Morgan fingerprint density at radius 1 is 1.11 bits per heavy atom. The number of para-hydroxylation sites is 2. The lowest BCUT2D eigenvalue weighted by Crippen LogP contribution is -2.37. The van der Waals surface area contributed by atoms with Crippen molar-refractivity contribution in [2.45, 2.75) is 32.7 Å². The van der Waals surface area contributed by atoms with Crippen molar-refractivity contribution >= 4 is 16.6 Å². The Hall–Kier alpha value is -3.13. The van der Waals surface area contributed by atoms with E-state index in [2.05, 4.69) is 17.9 Å². The Labute approximate surface area is 164 Å². The van der Waals surface area contributed by atoms with Crippen molar-refractivity contribution in [3.8, 4) is 6.07 Å². The van der Waals surface area contributed by atoms with Gasteiger partial charge in [0, 0.05) is 26.1 Å². The second-order valence-electron chi connectivity index (χ2n) is 7.37. The third-order valence-corrected chi connectivity index (χ3v) is 5.68. The lowest BCUT2D eigenvalue weighted by atomic mass is 9.95. The molecule has 4 rings (SSSR count). The minimum Gasteiger partial charge on any atom is -0.370 e. The molecule has 3 aromatic rings. The van der Waals surface area contributed by atoms with E-state index >= 15 is 0 Å². The van der Waals surface area contributed by atoms with Crippen molar-refractivity contribution in [1.29, 1.82) is 5.26 Å². The van der Waals surface area contributed by atoms with Gasteiger partial charge in [0.25, 0.3) is 5.56 Å². The van der Waals surface area contributed by atoms with Crippen LogP contribution in [0.5, 0.6) is 0 Å². The fraction of sp³-hybridized carbons (Fsp3) is 0.348. The van der Waals surface area contributed by atoms with Crippen molar-refractivity contribution < 1.29 is 0 Å². The summed E-state index contributed by atoms with van der Waals surface area (Å²) in [5.74, 6) is 1.30. The number of hydrogen-bond donors (Lipinski definition) is 0. The second-order valence-corrected chi connectivity index (χ2v) is 7.37. The summed E-state index contributed by atoms with van der Waals surface area (Å²) >= 11 is 0. The number of rotatable bonds is 4. The molecule has 0 amide bonds. The molecule has 1 aliphatic rings. The second kappa shape index (κ2) is 7.85. The molecule has 0 saturated carbocycles. The van der Waals surface area contributed by atoms with E-state index in [1.165, 1.54) is 0 Å². The van der Waals surface area contributed by atoms with Gasteiger partial charge < -0.3 is 4.90 Å². The largest absolute Gasteiger partial charge is 0.370 e. The molecule has 2 heterocycles. The molecule has 0 N–H and O–H groups in total. The van der Waals surface area contributed by atoms with E-state index in [1.807, 2.05) is 53.1 Å². The highest BCUT2D eigenvalue weighted by molar-refractivity contribution is 5.77. The van der Waals surface area contributed by atoms with E-state index in [-0.39, 0.29) is 5.56 Å². The van der Waals surface area contributed by atoms with Crippen LogP contribution in [0.3, 0.4) is 0 Å². The molecule has 1 aromatic heterocycles. The number of nitriles is 1. The minimum absolute atomic E-state index is 0.0692. The summed E-state index contributed by atoms with van der Waals surface area (Å²) in [6.45, 7) is 4.57. The van der Waals surface area contributed by atoms with Crippen molar-refractivity contribution in [2.24, 2.45) is 5.92 Å². The van der Waals surface area contributed by atoms with Crippen LogP contribution in [0.15, 0.2) is 53.3 Å². The molecule has 5 heteroatoms. The Bertz CT molecular complexity index is 1090. The third-order valence-electron chi connectivity index (χ3n) is 5.68. The highest BCUT2D eigenvalue weighted by atomic mass is 16.1. The van der Waals surface area contributed by atoms with Gasteiger partial charge in [-0.1, -0.05) is 31.2 Å². The fourth-order valence-corrected chi connectivity index (χ4v) is 4.13. The summed E-state index contributed by atoms with van der Waals surface area (Å²) < 4.78 is 1.88. The molecule has 0 bridgehead atoms. The highest BCUT2D eigenvalue weighted by Gasteiger charge is 2.23. The van der Waals surface area contributed by atoms with E-state index in [4.69, 9.17) is 4.98 Å². The van der Waals surface area contributed by atoms with Gasteiger partial charge >= 0.3 is 0 Å². The summed E-state index contributed by atoms with van der Waals surface area (Å²) in [4.78, 5) is 20.0. The Morgan fingerprint density at radius 2 is 1.82 bits per heavy atom. The monoisotopic (exact) mass is 372 g/mol.